The number of nitrogens with one attached hydrogen (secondary N) is 1. The summed E-state index contributed by atoms with van der Waals surface area (Å²) in [5.41, 5.74) is 5.45. The Balaban J connectivity index is 2.99. The Morgan fingerprint density at radius 2 is 2.12 bits per heavy atom. The third-order valence-electron chi connectivity index (χ3n) is 3.05. The van der Waals surface area contributed by atoms with Crippen molar-refractivity contribution in [3.05, 3.63) is 33.8 Å². The first-order valence-corrected chi connectivity index (χ1v) is 6.62. The predicted octanol–water partition coefficient (Wildman–Crippen LogP) is 3.70. The topological polar surface area (TPSA) is 38.0 Å². The van der Waals surface area contributed by atoms with Crippen molar-refractivity contribution >= 4 is 15.9 Å². The maximum absolute atomic E-state index is 5.68. The van der Waals surface area contributed by atoms with E-state index in [9.17, 15) is 0 Å². The highest BCUT2D eigenvalue weighted by molar-refractivity contribution is 9.10. The van der Waals surface area contributed by atoms with E-state index < -0.39 is 0 Å². The second-order valence-electron chi connectivity index (χ2n) is 4.39. The van der Waals surface area contributed by atoms with Crippen LogP contribution in [0.3, 0.4) is 0 Å². The van der Waals surface area contributed by atoms with Gasteiger partial charge in [0, 0.05) is 10.5 Å². The van der Waals surface area contributed by atoms with Gasteiger partial charge in [-0.2, -0.15) is 0 Å². The van der Waals surface area contributed by atoms with Gasteiger partial charge in [0.1, 0.15) is 0 Å². The fourth-order valence-corrected chi connectivity index (χ4v) is 2.60. The van der Waals surface area contributed by atoms with E-state index in [1.807, 2.05) is 0 Å². The molecule has 2 atom stereocenters. The number of nitrogens with two attached hydrogens (primary N) is 1. The molecule has 16 heavy (non-hydrogen) atoms. The first kappa shape index (κ1) is 13.7. The van der Waals surface area contributed by atoms with Crippen LogP contribution in [0.2, 0.25) is 0 Å². The third-order valence-corrected chi connectivity index (χ3v) is 4.13. The number of rotatable bonds is 5. The van der Waals surface area contributed by atoms with Crippen molar-refractivity contribution in [2.24, 2.45) is 11.8 Å². The molecule has 0 amide bonds. The zero-order valence-corrected chi connectivity index (χ0v) is 11.8. The van der Waals surface area contributed by atoms with Gasteiger partial charge in [0.05, 0.1) is 0 Å². The standard InChI is InChI=1S/C13H21BrN2/c1-4-6-10(3)13(16-15)11-8-5-7-9(2)12(11)14/h5,7-8,10,13,16H,4,6,15H2,1-3H3. The second kappa shape index (κ2) is 6.38. The van der Waals surface area contributed by atoms with Crippen LogP contribution in [0.5, 0.6) is 0 Å². The Labute approximate surface area is 107 Å². The lowest BCUT2D eigenvalue weighted by atomic mass is 9.91. The molecule has 0 aliphatic carbocycles. The van der Waals surface area contributed by atoms with E-state index >= 15 is 0 Å². The molecule has 0 aliphatic rings. The minimum Gasteiger partial charge on any atom is -0.271 e. The number of aryl methyl sites for hydroxylation is 1. The molecule has 0 spiro atoms. The Morgan fingerprint density at radius 3 is 2.69 bits per heavy atom. The van der Waals surface area contributed by atoms with Gasteiger partial charge >= 0.3 is 0 Å². The van der Waals surface area contributed by atoms with Crippen molar-refractivity contribution in [3.8, 4) is 0 Å². The first-order valence-electron chi connectivity index (χ1n) is 5.83. The predicted molar refractivity (Wildman–Crippen MR) is 73.0 cm³/mol. The molecule has 0 aliphatic heterocycles. The van der Waals surface area contributed by atoms with Crippen LogP contribution in [0.25, 0.3) is 0 Å². The number of hydrogen-bond donors (Lipinski definition) is 2. The van der Waals surface area contributed by atoms with Crippen LogP contribution in [0.4, 0.5) is 0 Å². The number of hydrazine groups is 1. The third kappa shape index (κ3) is 3.06. The minimum absolute atomic E-state index is 0.217. The molecule has 0 saturated carbocycles. The summed E-state index contributed by atoms with van der Waals surface area (Å²) in [7, 11) is 0. The van der Waals surface area contributed by atoms with E-state index in [2.05, 4.69) is 60.3 Å². The van der Waals surface area contributed by atoms with Crippen molar-refractivity contribution in [1.82, 2.24) is 5.43 Å². The lowest BCUT2D eigenvalue weighted by Crippen LogP contribution is -2.32. The van der Waals surface area contributed by atoms with Crippen LogP contribution in [-0.2, 0) is 0 Å². The second-order valence-corrected chi connectivity index (χ2v) is 5.18. The van der Waals surface area contributed by atoms with Gasteiger partial charge in [-0.05, 0) is 30.4 Å². The number of hydrogen-bond acceptors (Lipinski definition) is 2. The van der Waals surface area contributed by atoms with Crippen molar-refractivity contribution in [2.75, 3.05) is 0 Å². The van der Waals surface area contributed by atoms with Crippen molar-refractivity contribution in [2.45, 2.75) is 39.7 Å². The average Bonchev–Trinajstić information content (AvgIpc) is 2.25. The summed E-state index contributed by atoms with van der Waals surface area (Å²) >= 11 is 3.65. The molecular formula is C13H21BrN2. The van der Waals surface area contributed by atoms with Gasteiger partial charge in [-0.25, -0.2) is 0 Å². The highest BCUT2D eigenvalue weighted by atomic mass is 79.9. The molecule has 0 fully saturated rings. The van der Waals surface area contributed by atoms with Crippen molar-refractivity contribution < 1.29 is 0 Å². The van der Waals surface area contributed by atoms with E-state index in [1.165, 1.54) is 28.4 Å². The lowest BCUT2D eigenvalue weighted by molar-refractivity contribution is 0.367. The SMILES string of the molecule is CCCC(C)C(NN)c1cccc(C)c1Br. The molecule has 1 aromatic carbocycles. The van der Waals surface area contributed by atoms with E-state index in [4.69, 9.17) is 5.84 Å². The van der Waals surface area contributed by atoms with Gasteiger partial charge < -0.3 is 0 Å². The molecule has 90 valence electrons. The molecule has 1 rings (SSSR count). The summed E-state index contributed by atoms with van der Waals surface area (Å²) in [4.78, 5) is 0. The van der Waals surface area contributed by atoms with Gasteiger partial charge in [0.2, 0.25) is 0 Å². The first-order chi connectivity index (χ1) is 7.61. The molecule has 0 bridgehead atoms. The normalized spacial score (nSPS) is 14.8. The summed E-state index contributed by atoms with van der Waals surface area (Å²) in [6.45, 7) is 6.55. The van der Waals surface area contributed by atoms with Crippen LogP contribution in [-0.4, -0.2) is 0 Å². The van der Waals surface area contributed by atoms with Crippen LogP contribution < -0.4 is 11.3 Å². The van der Waals surface area contributed by atoms with E-state index in [-0.39, 0.29) is 6.04 Å². The maximum atomic E-state index is 5.68. The van der Waals surface area contributed by atoms with Gasteiger partial charge in [0.15, 0.2) is 0 Å². The Morgan fingerprint density at radius 1 is 1.44 bits per heavy atom. The quantitative estimate of drug-likeness (QED) is 0.639. The van der Waals surface area contributed by atoms with Gasteiger partial charge in [-0.3, -0.25) is 11.3 Å². The largest absolute Gasteiger partial charge is 0.271 e. The minimum atomic E-state index is 0.217. The van der Waals surface area contributed by atoms with E-state index in [0.717, 1.165) is 0 Å². The molecule has 0 heterocycles. The Kier molecular flexibility index (Phi) is 5.46. The van der Waals surface area contributed by atoms with Gasteiger partial charge in [0.25, 0.3) is 0 Å². The molecule has 0 saturated heterocycles. The van der Waals surface area contributed by atoms with Crippen molar-refractivity contribution in [1.29, 1.82) is 0 Å². The number of halogens is 1. The number of benzene rings is 1. The fraction of sp³-hybridized carbons (Fsp3) is 0.538. The smallest absolute Gasteiger partial charge is 0.0496 e. The van der Waals surface area contributed by atoms with Crippen LogP contribution in [0.15, 0.2) is 22.7 Å². The summed E-state index contributed by atoms with van der Waals surface area (Å²) in [5.74, 6) is 6.22. The molecule has 3 N–H and O–H groups in total. The van der Waals surface area contributed by atoms with Crippen LogP contribution in [0, 0.1) is 12.8 Å². The summed E-state index contributed by atoms with van der Waals surface area (Å²) in [5, 5.41) is 0. The van der Waals surface area contributed by atoms with Crippen molar-refractivity contribution in [3.63, 3.8) is 0 Å². The van der Waals surface area contributed by atoms with E-state index in [1.54, 1.807) is 0 Å². The highest BCUT2D eigenvalue weighted by Gasteiger charge is 2.19. The zero-order chi connectivity index (χ0) is 12.1. The van der Waals surface area contributed by atoms with Crippen LogP contribution in [0.1, 0.15) is 43.9 Å². The lowest BCUT2D eigenvalue weighted by Gasteiger charge is -2.25. The molecule has 3 heteroatoms. The van der Waals surface area contributed by atoms with Gasteiger partial charge in [-0.1, -0.05) is 54.4 Å². The Bertz CT molecular complexity index is 339. The monoisotopic (exact) mass is 284 g/mol. The molecule has 2 unspecified atom stereocenters. The summed E-state index contributed by atoms with van der Waals surface area (Å²) in [6, 6.07) is 6.53. The average molecular weight is 285 g/mol. The van der Waals surface area contributed by atoms with Crippen LogP contribution >= 0.6 is 15.9 Å². The molecule has 0 radical (unpaired) electrons. The summed E-state index contributed by atoms with van der Waals surface area (Å²) in [6.07, 6.45) is 2.36. The highest BCUT2D eigenvalue weighted by Crippen LogP contribution is 2.32. The summed E-state index contributed by atoms with van der Waals surface area (Å²) < 4.78 is 1.17. The molecule has 0 aromatic heterocycles. The molecule has 2 nitrogen and oxygen atoms in total. The maximum Gasteiger partial charge on any atom is 0.0496 e. The Hall–Kier alpha value is -0.380. The van der Waals surface area contributed by atoms with Gasteiger partial charge in [-0.15, -0.1) is 0 Å². The van der Waals surface area contributed by atoms with E-state index in [0.29, 0.717) is 5.92 Å². The molecular weight excluding hydrogens is 264 g/mol. The zero-order valence-electron chi connectivity index (χ0n) is 10.3. The fourth-order valence-electron chi connectivity index (χ4n) is 2.09. The molecule has 1 aromatic rings.